The van der Waals surface area contributed by atoms with E-state index in [9.17, 15) is 0 Å². The summed E-state index contributed by atoms with van der Waals surface area (Å²) in [6.45, 7) is 30.0. The standard InChI is InChI=1S/2C16H36N.4CN.Ni/c2*1-5-9-13-17(14-10-6-2,15-11-7-3)16-12-8-4;4*1-2;/h2*5-16H2,1-4H3;;;;;/q2*+1;;;;;. The molecule has 0 unspecified atom stereocenters. The molecule has 43 heavy (non-hydrogen) atoms. The number of unbranched alkanes of at least 4 members (excludes halogenated alkanes) is 8. The van der Waals surface area contributed by atoms with E-state index in [2.05, 4.69) is 55.4 Å². The Hall–Kier alpha value is -1.63. The molecule has 0 aliphatic carbocycles. The Kier molecular flexibility index (Phi) is 33.9. The van der Waals surface area contributed by atoms with Gasteiger partial charge < -0.3 is 8.97 Å². The first-order valence-corrected chi connectivity index (χ1v) is 19.7. The Morgan fingerprint density at radius 1 is 0.326 bits per heavy atom. The summed E-state index contributed by atoms with van der Waals surface area (Å²) in [5.41, 5.74) is 0. The van der Waals surface area contributed by atoms with Crippen molar-refractivity contribution in [3.63, 3.8) is 0 Å². The van der Waals surface area contributed by atoms with Gasteiger partial charge in [0.05, 0.1) is 52.4 Å². The molecule has 0 amide bonds. The van der Waals surface area contributed by atoms with Crippen molar-refractivity contribution >= 4 is 0 Å². The Bertz CT molecular complexity index is 613. The first-order valence-electron chi connectivity index (χ1n) is 17.7. The molecule has 6 nitrogen and oxygen atoms in total. The van der Waals surface area contributed by atoms with Crippen molar-refractivity contribution in [3.05, 3.63) is 0 Å². The molecule has 0 radical (unpaired) electrons. The van der Waals surface area contributed by atoms with Crippen LogP contribution in [0.4, 0.5) is 0 Å². The van der Waals surface area contributed by atoms with Crippen molar-refractivity contribution in [2.75, 3.05) is 52.4 Å². The monoisotopic (exact) mass is 647 g/mol. The van der Waals surface area contributed by atoms with Crippen molar-refractivity contribution in [1.29, 1.82) is 21.0 Å². The summed E-state index contributed by atoms with van der Waals surface area (Å²) in [5.74, 6) is 0. The molecule has 0 aromatic rings. The van der Waals surface area contributed by atoms with Gasteiger partial charge in [-0.25, -0.2) is 0 Å². The van der Waals surface area contributed by atoms with Gasteiger partial charge in [-0.3, -0.25) is 0 Å². The van der Waals surface area contributed by atoms with Crippen molar-refractivity contribution < 1.29 is 21.4 Å². The zero-order valence-electron chi connectivity index (χ0n) is 30.0. The van der Waals surface area contributed by atoms with Crippen molar-refractivity contribution in [3.8, 4) is 20.2 Å². The predicted octanol–water partition coefficient (Wildman–Crippen LogP) is 10.1. The van der Waals surface area contributed by atoms with Crippen LogP contribution in [0.1, 0.15) is 158 Å². The zero-order valence-corrected chi connectivity index (χ0v) is 31.0. The molecule has 0 aromatic carbocycles. The average molecular weight is 648 g/mol. The van der Waals surface area contributed by atoms with Gasteiger partial charge >= 0.3 is 53.6 Å². The van der Waals surface area contributed by atoms with E-state index in [-0.39, 0.29) is 0 Å². The topological polar surface area (TPSA) is 95.2 Å². The van der Waals surface area contributed by atoms with Crippen LogP contribution in [0.2, 0.25) is 0 Å². The molecular formula is C36H72N6Ni+2. The van der Waals surface area contributed by atoms with Crippen molar-refractivity contribution in [2.24, 2.45) is 0 Å². The molecule has 0 bridgehead atoms. The summed E-state index contributed by atoms with van der Waals surface area (Å²) in [5, 5.41) is 37.9. The van der Waals surface area contributed by atoms with Gasteiger partial charge in [-0.1, -0.05) is 107 Å². The number of rotatable bonds is 24. The maximum absolute atomic E-state index is 8.10. The molecule has 0 heterocycles. The van der Waals surface area contributed by atoms with Gasteiger partial charge in [0.15, 0.2) is 0 Å². The second kappa shape index (κ2) is 31.8. The summed E-state index contributed by atoms with van der Waals surface area (Å²) >= 11 is -3.03. The Balaban J connectivity index is -0.000000586. The normalized spacial score (nSPS) is 11.4. The van der Waals surface area contributed by atoms with Crippen molar-refractivity contribution in [1.82, 2.24) is 0 Å². The number of nitriles is 4. The average Bonchev–Trinajstić information content (AvgIpc) is 3.05. The van der Waals surface area contributed by atoms with Crippen molar-refractivity contribution in [2.45, 2.75) is 158 Å². The fraction of sp³-hybridized carbons (Fsp3) is 0.889. The quantitative estimate of drug-likeness (QED) is 0.0770. The van der Waals surface area contributed by atoms with Crippen LogP contribution < -0.4 is 0 Å². The number of hydrogen-bond acceptors (Lipinski definition) is 4. The molecule has 0 saturated heterocycles. The van der Waals surface area contributed by atoms with E-state index in [1.54, 1.807) is 0 Å². The molecule has 0 rings (SSSR count). The van der Waals surface area contributed by atoms with E-state index in [1.807, 2.05) is 0 Å². The Morgan fingerprint density at radius 3 is 0.535 bits per heavy atom. The third-order valence-electron chi connectivity index (χ3n) is 8.31. The molecule has 0 fully saturated rings. The summed E-state index contributed by atoms with van der Waals surface area (Å²) in [7, 11) is 0. The summed E-state index contributed by atoms with van der Waals surface area (Å²) < 4.78 is 2.84. The van der Waals surface area contributed by atoms with Crippen LogP contribution in [0.3, 0.4) is 0 Å². The third-order valence-corrected chi connectivity index (χ3v) is 9.64. The van der Waals surface area contributed by atoms with Crippen LogP contribution >= 0.6 is 0 Å². The summed E-state index contributed by atoms with van der Waals surface area (Å²) in [4.78, 5) is 0. The molecule has 0 saturated carbocycles. The van der Waals surface area contributed by atoms with Gasteiger partial charge in [0.25, 0.3) is 0 Å². The Labute approximate surface area is 272 Å². The minimum atomic E-state index is -3.03. The van der Waals surface area contributed by atoms with E-state index in [0.29, 0.717) is 0 Å². The van der Waals surface area contributed by atoms with Gasteiger partial charge in [-0.05, 0) is 51.4 Å². The molecule has 0 aliphatic heterocycles. The maximum atomic E-state index is 8.10. The first-order chi connectivity index (χ1) is 20.7. The van der Waals surface area contributed by atoms with E-state index >= 15 is 0 Å². The van der Waals surface area contributed by atoms with Crippen LogP contribution in [0, 0.1) is 41.2 Å². The second-order valence-corrected chi connectivity index (χ2v) is 14.4. The molecule has 0 atom stereocenters. The molecule has 0 N–H and O–H groups in total. The van der Waals surface area contributed by atoms with Gasteiger partial charge in [0, 0.05) is 0 Å². The minimum absolute atomic E-state index is 1.35. The first kappa shape index (κ1) is 45.8. The van der Waals surface area contributed by atoms with E-state index in [4.69, 9.17) is 21.0 Å². The summed E-state index contributed by atoms with van der Waals surface area (Å²) in [6.07, 6.45) is 22.1. The van der Waals surface area contributed by atoms with Crippen LogP contribution in [0.5, 0.6) is 0 Å². The molecule has 0 aromatic heterocycles. The van der Waals surface area contributed by atoms with Gasteiger partial charge in [-0.15, -0.1) is 0 Å². The van der Waals surface area contributed by atoms with Crippen LogP contribution in [-0.4, -0.2) is 61.3 Å². The molecule has 7 heteroatoms. The molecule has 254 valence electrons. The van der Waals surface area contributed by atoms with Crippen LogP contribution in [0.25, 0.3) is 0 Å². The SMILES string of the molecule is CCCC[N+](CCCC)(CCCC)CCCC.CCCC[N+](CCCC)(CCCC)CCCC.N#[C][Ni]([C]#N)([C]#N)[C]#N. The molecule has 0 spiro atoms. The van der Waals surface area contributed by atoms with E-state index < -0.39 is 12.4 Å². The summed E-state index contributed by atoms with van der Waals surface area (Å²) in [6, 6.07) is 0. The van der Waals surface area contributed by atoms with Gasteiger partial charge in [0.2, 0.25) is 0 Å². The second-order valence-electron chi connectivity index (χ2n) is 12.1. The van der Waals surface area contributed by atoms with Crippen LogP contribution in [0.15, 0.2) is 0 Å². The fourth-order valence-electron chi connectivity index (χ4n) is 5.38. The van der Waals surface area contributed by atoms with Gasteiger partial charge in [0.1, 0.15) is 0 Å². The predicted molar refractivity (Wildman–Crippen MR) is 181 cm³/mol. The number of quaternary nitrogens is 2. The molecule has 0 aliphatic rings. The third kappa shape index (κ3) is 23.4. The van der Waals surface area contributed by atoms with E-state index in [0.717, 1.165) is 0 Å². The zero-order chi connectivity index (χ0) is 33.3. The van der Waals surface area contributed by atoms with Gasteiger partial charge in [-0.2, -0.15) is 0 Å². The fourth-order valence-corrected chi connectivity index (χ4v) is 5.68. The van der Waals surface area contributed by atoms with E-state index in [1.165, 1.54) is 184 Å². The Morgan fingerprint density at radius 2 is 0.465 bits per heavy atom. The number of hydrogen-bond donors (Lipinski definition) is 0. The molecular weight excluding hydrogens is 575 g/mol. The van der Waals surface area contributed by atoms with Crippen LogP contribution in [-0.2, 0) is 12.4 Å². The number of nitrogens with zero attached hydrogens (tertiary/aromatic N) is 6.